The van der Waals surface area contributed by atoms with Crippen molar-refractivity contribution in [2.75, 3.05) is 84.0 Å². The van der Waals surface area contributed by atoms with E-state index in [0.717, 1.165) is 46.9 Å². The quantitative estimate of drug-likeness (QED) is 0.0158. The first-order chi connectivity index (χ1) is 31.6. The summed E-state index contributed by atoms with van der Waals surface area (Å²) in [5.41, 5.74) is 12.8. The van der Waals surface area contributed by atoms with Gasteiger partial charge in [0.25, 0.3) is 0 Å². The van der Waals surface area contributed by atoms with Crippen LogP contribution in [0.5, 0.6) is 5.75 Å². The van der Waals surface area contributed by atoms with E-state index in [4.69, 9.17) is 44.8 Å². The van der Waals surface area contributed by atoms with Crippen molar-refractivity contribution in [2.24, 2.45) is 11.6 Å². The molecule has 0 radical (unpaired) electrons. The number of aromatic amines is 1. The number of nitrogens with one attached hydrogen (secondary N) is 3. The van der Waals surface area contributed by atoms with Gasteiger partial charge in [-0.2, -0.15) is 0 Å². The van der Waals surface area contributed by atoms with E-state index in [1.165, 1.54) is 0 Å². The highest BCUT2D eigenvalue weighted by atomic mass is 31.2. The number of carbonyl (C=O) groups is 3. The Labute approximate surface area is 381 Å². The fourth-order valence-corrected chi connectivity index (χ4v) is 7.58. The van der Waals surface area contributed by atoms with Gasteiger partial charge in [-0.05, 0) is 54.7 Å². The van der Waals surface area contributed by atoms with Crippen molar-refractivity contribution in [3.63, 3.8) is 0 Å². The lowest BCUT2D eigenvalue weighted by atomic mass is 9.95. The number of unbranched alkanes of at least 4 members (excludes halogenated alkanes) is 3. The Morgan fingerprint density at radius 1 is 0.738 bits per heavy atom. The molecule has 5 rings (SSSR count). The molecule has 3 aromatic carbocycles. The topological polar surface area (TPSA) is 256 Å². The Bertz CT molecular complexity index is 2140. The normalized spacial score (nSPS) is 13.6. The van der Waals surface area contributed by atoms with Gasteiger partial charge in [-0.3, -0.25) is 14.4 Å². The van der Waals surface area contributed by atoms with Crippen LogP contribution < -0.4 is 27.1 Å². The second-order valence-corrected chi connectivity index (χ2v) is 16.1. The van der Waals surface area contributed by atoms with Crippen molar-refractivity contribution in [3.8, 4) is 5.75 Å². The molecule has 354 valence electrons. The fourth-order valence-electron chi connectivity index (χ4n) is 7.28. The summed E-state index contributed by atoms with van der Waals surface area (Å²) in [7, 11) is -2.33. The number of aromatic nitrogens is 1. The minimum Gasteiger partial charge on any atom is -0.508 e. The van der Waals surface area contributed by atoms with Crippen molar-refractivity contribution < 1.29 is 52.7 Å². The third-order valence-corrected chi connectivity index (χ3v) is 11.0. The van der Waals surface area contributed by atoms with Crippen molar-refractivity contribution >= 4 is 54.3 Å². The number of aromatic hydroxyl groups is 1. The zero-order valence-electron chi connectivity index (χ0n) is 36.9. The maximum absolute atomic E-state index is 13.8. The summed E-state index contributed by atoms with van der Waals surface area (Å²) in [6.07, 6.45) is 6.01. The molecule has 0 saturated carbocycles. The first-order valence-corrected chi connectivity index (χ1v) is 23.2. The zero-order valence-corrected chi connectivity index (χ0v) is 37.8. The Morgan fingerprint density at radius 2 is 1.38 bits per heavy atom. The lowest BCUT2D eigenvalue weighted by Gasteiger charge is -2.33. The van der Waals surface area contributed by atoms with Crippen molar-refractivity contribution in [1.82, 2.24) is 20.6 Å². The molecule has 0 spiro atoms. The van der Waals surface area contributed by atoms with Gasteiger partial charge in [0.1, 0.15) is 5.75 Å². The van der Waals surface area contributed by atoms with E-state index in [9.17, 15) is 19.5 Å². The van der Waals surface area contributed by atoms with Gasteiger partial charge in [-0.25, -0.2) is 5.84 Å². The summed E-state index contributed by atoms with van der Waals surface area (Å²) in [6.45, 7) is 4.67. The van der Waals surface area contributed by atoms with Crippen LogP contribution in [0.1, 0.15) is 67.2 Å². The molecule has 0 fully saturated rings. The summed E-state index contributed by atoms with van der Waals surface area (Å²) < 4.78 is 27.3. The molecule has 10 N–H and O–H groups in total. The molecule has 1 aromatic heterocycles. The predicted octanol–water partition coefficient (Wildman–Crippen LogP) is 4.18. The number of para-hydroxylation sites is 1. The number of hydrogen-bond donors (Lipinski definition) is 8. The Morgan fingerprint density at radius 3 is 2.14 bits per heavy atom. The number of phenols is 1. The lowest BCUT2D eigenvalue weighted by Crippen LogP contribution is -2.38. The van der Waals surface area contributed by atoms with Gasteiger partial charge in [-0.15, -0.1) is 0 Å². The average molecular weight is 922 g/mol. The molecule has 1 aliphatic heterocycles. The molecule has 0 unspecified atom stereocenters. The zero-order chi connectivity index (χ0) is 46.2. The Hall–Kier alpha value is -5.14. The number of anilines is 1. The van der Waals surface area contributed by atoms with E-state index < -0.39 is 8.60 Å². The van der Waals surface area contributed by atoms with Gasteiger partial charge < -0.3 is 69.6 Å². The van der Waals surface area contributed by atoms with Crippen LogP contribution in [0.3, 0.4) is 0 Å². The number of ether oxygens (including phenoxy) is 4. The number of rotatable bonds is 30. The van der Waals surface area contributed by atoms with E-state index in [0.29, 0.717) is 108 Å². The third kappa shape index (κ3) is 17.0. The summed E-state index contributed by atoms with van der Waals surface area (Å²) in [6, 6.07) is 20.2. The number of carbonyl (C=O) groups excluding carboxylic acids is 3. The number of nitrogens with two attached hydrogens (primary N) is 2. The van der Waals surface area contributed by atoms with Crippen LogP contribution in [0.2, 0.25) is 0 Å². The maximum Gasteiger partial charge on any atom is 0.327 e. The maximum atomic E-state index is 13.8. The minimum atomic E-state index is -2.33. The Kier molecular flexibility index (Phi) is 21.9. The third-order valence-electron chi connectivity index (χ3n) is 10.6. The number of benzene rings is 3. The number of phenolic OH excluding ortho intramolecular Hbond substituents is 1. The molecular weight excluding hydrogens is 858 g/mol. The monoisotopic (exact) mass is 921 g/mol. The van der Waals surface area contributed by atoms with Gasteiger partial charge in [0.05, 0.1) is 89.6 Å². The van der Waals surface area contributed by atoms with Gasteiger partial charge in [-0.1, -0.05) is 55.3 Å². The van der Waals surface area contributed by atoms with Crippen LogP contribution in [0.4, 0.5) is 5.69 Å². The first kappa shape index (κ1) is 50.9. The first-order valence-electron chi connectivity index (χ1n) is 22.1. The van der Waals surface area contributed by atoms with Gasteiger partial charge in [0, 0.05) is 60.6 Å². The van der Waals surface area contributed by atoms with Crippen molar-refractivity contribution in [1.29, 1.82) is 0 Å². The summed E-state index contributed by atoms with van der Waals surface area (Å²) >= 11 is 0. The van der Waals surface area contributed by atoms with E-state index in [2.05, 4.69) is 15.6 Å². The fraction of sp³-hybridized carbons (Fsp3) is 0.457. The van der Waals surface area contributed by atoms with E-state index in [1.54, 1.807) is 22.0 Å². The van der Waals surface area contributed by atoms with Crippen LogP contribution in [0.15, 0.2) is 72.9 Å². The highest BCUT2D eigenvalue weighted by Gasteiger charge is 2.28. The highest BCUT2D eigenvalue weighted by molar-refractivity contribution is 7.39. The lowest BCUT2D eigenvalue weighted by molar-refractivity contribution is -0.125. The molecule has 19 heteroatoms. The largest absolute Gasteiger partial charge is 0.508 e. The van der Waals surface area contributed by atoms with Crippen molar-refractivity contribution in [3.05, 3.63) is 95.2 Å². The molecule has 2 heterocycles. The number of hydrogen-bond acceptors (Lipinski definition) is 14. The van der Waals surface area contributed by atoms with Crippen LogP contribution >= 0.6 is 8.60 Å². The summed E-state index contributed by atoms with van der Waals surface area (Å²) in [5, 5.41) is 18.1. The molecule has 0 aliphatic carbocycles. The van der Waals surface area contributed by atoms with Crippen LogP contribution in [-0.2, 0) is 50.8 Å². The molecule has 0 saturated heterocycles. The van der Waals surface area contributed by atoms with E-state index in [1.807, 2.05) is 60.8 Å². The molecular formula is C46H64N7O11P. The number of amides is 3. The average Bonchev–Trinajstić information content (AvgIpc) is 3.69. The summed E-state index contributed by atoms with van der Waals surface area (Å²) in [4.78, 5) is 61.1. The minimum absolute atomic E-state index is 0.0146. The molecule has 1 aliphatic rings. The Balaban J connectivity index is 0.953. The highest BCUT2D eigenvalue weighted by Crippen LogP contribution is 2.36. The molecule has 0 atom stereocenters. The molecule has 3 amide bonds. The number of nitrogens with zero attached hydrogens (tertiary/aromatic N) is 2. The van der Waals surface area contributed by atoms with Gasteiger partial charge >= 0.3 is 8.60 Å². The molecule has 4 aromatic rings. The smallest absolute Gasteiger partial charge is 0.327 e. The van der Waals surface area contributed by atoms with Crippen LogP contribution in [-0.4, -0.2) is 122 Å². The van der Waals surface area contributed by atoms with Gasteiger partial charge in [0.2, 0.25) is 17.7 Å². The van der Waals surface area contributed by atoms with Crippen molar-refractivity contribution in [2.45, 2.75) is 57.9 Å². The SMILES string of the molecule is N/C1=C(\N(N)CCOCCOCCOCCOCCC(=O)NCCc2c[nH]c3ccc(O)cc23)c2ccccc2CN(C(=O)CCC(=O)NCCCCCCOP(O)O)c2ccccc21. The van der Waals surface area contributed by atoms with Crippen LogP contribution in [0.25, 0.3) is 22.3 Å². The van der Waals surface area contributed by atoms with E-state index in [-0.39, 0.29) is 55.9 Å². The molecule has 0 bridgehead atoms. The van der Waals surface area contributed by atoms with Gasteiger partial charge in [0.15, 0.2) is 0 Å². The standard InChI is InChI=1S/C46H64N7O11P/c47-45-38-11-5-6-12-41(38)52(44(57)16-15-42(55)49-19-7-1-2-8-22-64-65(58)59)33-35-9-3-4-10-37(35)46(45)53(48)21-24-61-26-28-63-30-29-62-27-25-60-23-18-43(56)50-20-17-34-32-51-40-14-13-36(54)31-39(34)40/h3-6,9-14,31-32,51,54,58-59H,1-2,7-8,15-30,33,47-48H2,(H,49,55)(H,50,56)/b46-45-. The molecule has 65 heavy (non-hydrogen) atoms. The molecule has 18 nitrogen and oxygen atoms in total. The second kappa shape index (κ2) is 28.0. The predicted molar refractivity (Wildman–Crippen MR) is 249 cm³/mol. The number of H-pyrrole nitrogens is 1. The number of hydrazine groups is 1. The number of fused-ring (bicyclic) bond motifs is 3. The van der Waals surface area contributed by atoms with E-state index >= 15 is 0 Å². The second-order valence-electron chi connectivity index (χ2n) is 15.3. The van der Waals surface area contributed by atoms with Crippen LogP contribution in [0, 0.1) is 0 Å². The summed E-state index contributed by atoms with van der Waals surface area (Å²) in [5.74, 6) is 6.39.